The number of carboxylic acid groups (broad SMARTS) is 2. The molecule has 0 saturated heterocycles. The van der Waals surface area contributed by atoms with Crippen LogP contribution in [0.2, 0.25) is 0 Å². The highest BCUT2D eigenvalue weighted by atomic mass is 32.2. The zero-order valence-corrected chi connectivity index (χ0v) is 24.5. The topological polar surface area (TPSA) is 211 Å². The summed E-state index contributed by atoms with van der Waals surface area (Å²) in [5.74, 6) is -4.08. The number of aliphatic carboxylic acids is 2. The number of nitro benzene ring substituents is 1. The largest absolute Gasteiger partial charge is 0.473 e. The number of nitro groups is 1. The van der Waals surface area contributed by atoms with Crippen LogP contribution in [0.1, 0.15) is 13.3 Å². The van der Waals surface area contributed by atoms with E-state index in [-0.39, 0.29) is 30.3 Å². The lowest BCUT2D eigenvalue weighted by Crippen LogP contribution is -2.37. The van der Waals surface area contributed by atoms with E-state index in [2.05, 4.69) is 20.1 Å². The molecule has 2 N–H and O–H groups in total. The quantitative estimate of drug-likeness (QED) is 0.0924. The number of amides is 1. The van der Waals surface area contributed by atoms with Gasteiger partial charge in [0.05, 0.1) is 23.0 Å². The summed E-state index contributed by atoms with van der Waals surface area (Å²) in [5, 5.41) is 35.2. The molecule has 0 unspecified atom stereocenters. The summed E-state index contributed by atoms with van der Waals surface area (Å²) in [6.45, 7) is 2.94. The molecule has 0 bridgehead atoms. The van der Waals surface area contributed by atoms with E-state index in [1.165, 1.54) is 34.9 Å². The Kier molecular flexibility index (Phi) is 13.7. The second-order valence-electron chi connectivity index (χ2n) is 8.81. The van der Waals surface area contributed by atoms with Crippen LogP contribution in [0.3, 0.4) is 0 Å². The van der Waals surface area contributed by atoms with Crippen LogP contribution >= 0.6 is 11.8 Å². The van der Waals surface area contributed by atoms with E-state index in [0.717, 1.165) is 18.5 Å². The van der Waals surface area contributed by atoms with Crippen molar-refractivity contribution in [2.75, 3.05) is 44.4 Å². The van der Waals surface area contributed by atoms with Gasteiger partial charge in [-0.05, 0) is 52.2 Å². The fourth-order valence-corrected chi connectivity index (χ4v) is 4.34. The van der Waals surface area contributed by atoms with Crippen molar-refractivity contribution in [3.63, 3.8) is 0 Å². The Morgan fingerprint density at radius 3 is 2.33 bits per heavy atom. The summed E-state index contributed by atoms with van der Waals surface area (Å²) in [6.07, 6.45) is 4.20. The summed E-state index contributed by atoms with van der Waals surface area (Å²) in [6, 6.07) is 9.27. The first-order valence-corrected chi connectivity index (χ1v) is 13.7. The molecule has 3 rings (SSSR count). The maximum Gasteiger partial charge on any atom is 0.414 e. The Labute approximate surface area is 250 Å². The number of esters is 1. The molecule has 3 aromatic rings. The molecule has 2 heterocycles. The highest BCUT2D eigenvalue weighted by molar-refractivity contribution is 7.99. The van der Waals surface area contributed by atoms with Crippen LogP contribution in [0.5, 0.6) is 0 Å². The van der Waals surface area contributed by atoms with E-state index in [4.69, 9.17) is 24.5 Å². The summed E-state index contributed by atoms with van der Waals surface area (Å²) in [5.41, 5.74) is 0.901. The van der Waals surface area contributed by atoms with E-state index in [9.17, 15) is 19.7 Å². The van der Waals surface area contributed by atoms with Crippen LogP contribution in [0, 0.1) is 10.1 Å². The van der Waals surface area contributed by atoms with Crippen molar-refractivity contribution in [2.45, 2.75) is 25.0 Å². The molecule has 1 aromatic carbocycles. The first-order chi connectivity index (χ1) is 20.4. The van der Waals surface area contributed by atoms with Gasteiger partial charge in [-0.15, -0.1) is 10.2 Å². The number of aromatic nitrogens is 4. The van der Waals surface area contributed by atoms with Crippen molar-refractivity contribution in [2.24, 2.45) is 0 Å². The predicted octanol–water partition coefficient (Wildman–Crippen LogP) is 2.04. The van der Waals surface area contributed by atoms with E-state index < -0.39 is 28.7 Å². The number of anilines is 1. The third-order valence-electron chi connectivity index (χ3n) is 5.40. The van der Waals surface area contributed by atoms with Gasteiger partial charge in [0.1, 0.15) is 6.54 Å². The number of carbonyl (C=O) groups is 4. The molecule has 16 nitrogen and oxygen atoms in total. The average Bonchev–Trinajstić information content (AvgIpc) is 3.38. The van der Waals surface area contributed by atoms with Crippen LogP contribution in [-0.4, -0.2) is 103 Å². The fraction of sp³-hybridized carbons (Fsp3) is 0.346. The lowest BCUT2D eigenvalue weighted by Gasteiger charge is -2.21. The smallest absolute Gasteiger partial charge is 0.414 e. The zero-order valence-electron chi connectivity index (χ0n) is 23.7. The Hall–Kier alpha value is -4.90. The van der Waals surface area contributed by atoms with E-state index in [1.807, 2.05) is 30.8 Å². The molecule has 0 aliphatic rings. The molecule has 0 spiro atoms. The lowest BCUT2D eigenvalue weighted by molar-refractivity contribution is -0.384. The molecule has 0 radical (unpaired) electrons. The number of non-ortho nitro benzene ring substituents is 1. The lowest BCUT2D eigenvalue weighted by atomic mass is 10.2. The number of rotatable bonds is 13. The minimum absolute atomic E-state index is 0.0652. The number of benzene rings is 1. The van der Waals surface area contributed by atoms with Gasteiger partial charge in [0.2, 0.25) is 5.91 Å². The van der Waals surface area contributed by atoms with E-state index >= 15 is 0 Å². The third kappa shape index (κ3) is 11.1. The van der Waals surface area contributed by atoms with Crippen molar-refractivity contribution in [1.82, 2.24) is 24.6 Å². The molecule has 1 amide bonds. The van der Waals surface area contributed by atoms with Gasteiger partial charge in [0, 0.05) is 36.6 Å². The number of thioether (sulfide) groups is 1. The average molecular weight is 618 g/mol. The summed E-state index contributed by atoms with van der Waals surface area (Å²) in [4.78, 5) is 61.7. The molecular weight excluding hydrogens is 586 g/mol. The summed E-state index contributed by atoms with van der Waals surface area (Å²) < 4.78 is 6.97. The minimum Gasteiger partial charge on any atom is -0.473 e. The SMILES string of the molecule is CCOC(=O)CN(C(=O)CSc1nnc(-c2ccncc2)n1CCCN(C)C)c1cccc([N+](=O)[O-])c1.O=C(O)C(=O)O. The number of hydrogen-bond acceptors (Lipinski definition) is 12. The number of nitrogens with zero attached hydrogens (tertiary/aromatic N) is 7. The Morgan fingerprint density at radius 2 is 1.74 bits per heavy atom. The number of ether oxygens (including phenoxy) is 1. The van der Waals surface area contributed by atoms with Crippen molar-refractivity contribution in [1.29, 1.82) is 0 Å². The van der Waals surface area contributed by atoms with Crippen LogP contribution in [0.4, 0.5) is 11.4 Å². The standard InChI is InChI=1S/C24H29N7O5S.C2H2O4/c1-4-36-22(33)16-30(19-7-5-8-20(15-19)31(34)35)21(32)17-37-24-27-26-23(18-9-11-25-12-10-18)29(24)14-6-13-28(2)3;3-1(4)2(5)6/h5,7-12,15H,4,6,13-14,16-17H2,1-3H3;(H,3,4)(H,5,6). The van der Waals surface area contributed by atoms with Crippen molar-refractivity contribution in [3.05, 3.63) is 58.9 Å². The van der Waals surface area contributed by atoms with Crippen LogP contribution in [0.25, 0.3) is 11.4 Å². The Morgan fingerprint density at radius 1 is 1.07 bits per heavy atom. The predicted molar refractivity (Wildman–Crippen MR) is 155 cm³/mol. The van der Waals surface area contributed by atoms with Crippen molar-refractivity contribution >= 4 is 47.0 Å². The van der Waals surface area contributed by atoms with Crippen molar-refractivity contribution < 1.29 is 39.1 Å². The van der Waals surface area contributed by atoms with Gasteiger partial charge in [-0.1, -0.05) is 17.8 Å². The molecule has 0 aliphatic carbocycles. The molecule has 0 atom stereocenters. The van der Waals surface area contributed by atoms with Gasteiger partial charge in [0.25, 0.3) is 5.69 Å². The number of hydrogen-bond donors (Lipinski definition) is 2. The highest BCUT2D eigenvalue weighted by Crippen LogP contribution is 2.26. The normalized spacial score (nSPS) is 10.4. The van der Waals surface area contributed by atoms with Crippen LogP contribution < -0.4 is 4.90 Å². The first kappa shape index (κ1) is 34.3. The second kappa shape index (κ2) is 17.1. The number of pyridine rings is 1. The fourth-order valence-electron chi connectivity index (χ4n) is 3.49. The van der Waals surface area contributed by atoms with Gasteiger partial charge in [0.15, 0.2) is 11.0 Å². The molecule has 17 heteroatoms. The molecule has 43 heavy (non-hydrogen) atoms. The Bertz CT molecular complexity index is 1400. The molecule has 0 fully saturated rings. The molecule has 2 aromatic heterocycles. The van der Waals surface area contributed by atoms with Gasteiger partial charge >= 0.3 is 17.9 Å². The monoisotopic (exact) mass is 617 g/mol. The first-order valence-electron chi connectivity index (χ1n) is 12.7. The van der Waals surface area contributed by atoms with Crippen LogP contribution in [-0.2, 0) is 30.5 Å². The third-order valence-corrected chi connectivity index (χ3v) is 6.35. The maximum atomic E-state index is 13.3. The van der Waals surface area contributed by atoms with Gasteiger partial charge < -0.3 is 29.3 Å². The molecule has 230 valence electrons. The second-order valence-corrected chi connectivity index (χ2v) is 9.75. The number of carbonyl (C=O) groups excluding carboxylic acids is 2. The molecule has 0 saturated carbocycles. The zero-order chi connectivity index (χ0) is 31.9. The minimum atomic E-state index is -1.82. The maximum absolute atomic E-state index is 13.3. The highest BCUT2D eigenvalue weighted by Gasteiger charge is 2.23. The van der Waals surface area contributed by atoms with Gasteiger partial charge in [-0.25, -0.2) is 9.59 Å². The molecular formula is C26H31N7O9S. The number of carboxylic acids is 2. The molecule has 0 aliphatic heterocycles. The van der Waals surface area contributed by atoms with Gasteiger partial charge in [-0.2, -0.15) is 0 Å². The summed E-state index contributed by atoms with van der Waals surface area (Å²) >= 11 is 1.19. The Balaban J connectivity index is 0.000000973. The van der Waals surface area contributed by atoms with Crippen molar-refractivity contribution in [3.8, 4) is 11.4 Å². The van der Waals surface area contributed by atoms with Gasteiger partial charge in [-0.3, -0.25) is 24.7 Å². The van der Waals surface area contributed by atoms with Crippen LogP contribution in [0.15, 0.2) is 53.9 Å². The van der Waals surface area contributed by atoms with E-state index in [1.54, 1.807) is 25.4 Å². The van der Waals surface area contributed by atoms with E-state index in [0.29, 0.717) is 17.5 Å². The summed E-state index contributed by atoms with van der Waals surface area (Å²) in [7, 11) is 3.99.